The molecule has 2 heteroatoms. The van der Waals surface area contributed by atoms with E-state index in [-0.39, 0.29) is 0 Å². The fourth-order valence-corrected chi connectivity index (χ4v) is 1.72. The van der Waals surface area contributed by atoms with E-state index in [1.54, 1.807) is 18.9 Å². The molecule has 0 N–H and O–H groups in total. The van der Waals surface area contributed by atoms with Crippen molar-refractivity contribution in [1.82, 2.24) is 0 Å². The quantitative estimate of drug-likeness (QED) is 0.698. The number of methoxy groups -OCH3 is 1. The Bertz CT molecular complexity index is 282. The molecule has 0 atom stereocenters. The molecule has 0 saturated heterocycles. The molecule has 1 rings (SSSR count). The van der Waals surface area contributed by atoms with Crippen LogP contribution in [0.15, 0.2) is 23.1 Å². The molecule has 0 aliphatic carbocycles. The van der Waals surface area contributed by atoms with E-state index in [2.05, 4.69) is 38.3 Å². The number of ether oxygens (including phenoxy) is 1. The second kappa shape index (κ2) is 7.63. The third kappa shape index (κ3) is 4.17. The highest BCUT2D eigenvalue weighted by Gasteiger charge is 2.07. The van der Waals surface area contributed by atoms with E-state index in [0.717, 1.165) is 5.75 Å². The van der Waals surface area contributed by atoms with Crippen molar-refractivity contribution in [2.24, 2.45) is 0 Å². The maximum Gasteiger partial charge on any atom is 0.123 e. The van der Waals surface area contributed by atoms with Gasteiger partial charge in [0.25, 0.3) is 0 Å². The van der Waals surface area contributed by atoms with Crippen LogP contribution in [0.2, 0.25) is 0 Å². The summed E-state index contributed by atoms with van der Waals surface area (Å²) in [7, 11) is 1.73. The van der Waals surface area contributed by atoms with Crippen LogP contribution in [0.4, 0.5) is 0 Å². The van der Waals surface area contributed by atoms with Crippen LogP contribution in [0, 0.1) is 0 Å². The lowest BCUT2D eigenvalue weighted by molar-refractivity contribution is 0.406. The highest BCUT2D eigenvalue weighted by molar-refractivity contribution is 7.98. The highest BCUT2D eigenvalue weighted by Crippen LogP contribution is 2.30. The molecule has 0 radical (unpaired) electrons. The summed E-state index contributed by atoms with van der Waals surface area (Å²) in [5, 5.41) is 0. The molecule has 0 spiro atoms. The largest absolute Gasteiger partial charge is 0.496 e. The van der Waals surface area contributed by atoms with Gasteiger partial charge in [0.1, 0.15) is 5.75 Å². The van der Waals surface area contributed by atoms with Gasteiger partial charge in [-0.25, -0.2) is 0 Å². The first-order valence-corrected chi connectivity index (χ1v) is 6.63. The lowest BCUT2D eigenvalue weighted by atomic mass is 10.0. The van der Waals surface area contributed by atoms with E-state index in [1.165, 1.54) is 10.5 Å². The Morgan fingerprint density at radius 3 is 2.20 bits per heavy atom. The van der Waals surface area contributed by atoms with Gasteiger partial charge in [-0.1, -0.05) is 33.8 Å². The third-order valence-corrected chi connectivity index (χ3v) is 2.79. The molecule has 0 saturated carbocycles. The van der Waals surface area contributed by atoms with Gasteiger partial charge in [0.15, 0.2) is 0 Å². The molecule has 0 amide bonds. The summed E-state index contributed by atoms with van der Waals surface area (Å²) >= 11 is 1.74. The molecule has 0 aromatic heterocycles. The Morgan fingerprint density at radius 2 is 1.80 bits per heavy atom. The normalized spacial score (nSPS) is 9.53. The number of benzene rings is 1. The predicted molar refractivity (Wildman–Crippen MR) is 70.2 cm³/mol. The van der Waals surface area contributed by atoms with Gasteiger partial charge in [-0.15, -0.1) is 11.8 Å². The van der Waals surface area contributed by atoms with Crippen LogP contribution < -0.4 is 4.74 Å². The van der Waals surface area contributed by atoms with Gasteiger partial charge in [0, 0.05) is 4.90 Å². The minimum Gasteiger partial charge on any atom is -0.496 e. The van der Waals surface area contributed by atoms with Gasteiger partial charge in [0.2, 0.25) is 0 Å². The smallest absolute Gasteiger partial charge is 0.123 e. The lowest BCUT2D eigenvalue weighted by Crippen LogP contribution is -1.93. The van der Waals surface area contributed by atoms with Crippen molar-refractivity contribution in [1.29, 1.82) is 0 Å². The van der Waals surface area contributed by atoms with E-state index < -0.39 is 0 Å². The van der Waals surface area contributed by atoms with Crippen molar-refractivity contribution >= 4 is 11.8 Å². The summed E-state index contributed by atoms with van der Waals surface area (Å²) in [6.07, 6.45) is 2.07. The molecule has 0 unspecified atom stereocenters. The van der Waals surface area contributed by atoms with Crippen molar-refractivity contribution in [3.63, 3.8) is 0 Å². The molecule has 0 aliphatic heterocycles. The average molecular weight is 226 g/mol. The molecule has 15 heavy (non-hydrogen) atoms. The van der Waals surface area contributed by atoms with Gasteiger partial charge >= 0.3 is 0 Å². The highest BCUT2D eigenvalue weighted by atomic mass is 32.2. The average Bonchev–Trinajstić information content (AvgIpc) is 2.30. The molecular weight excluding hydrogens is 204 g/mol. The van der Waals surface area contributed by atoms with Crippen molar-refractivity contribution in [3.05, 3.63) is 23.8 Å². The summed E-state index contributed by atoms with van der Waals surface area (Å²) in [5.74, 6) is 1.52. The van der Waals surface area contributed by atoms with Crippen LogP contribution >= 0.6 is 11.8 Å². The van der Waals surface area contributed by atoms with Gasteiger partial charge < -0.3 is 4.74 Å². The Labute approximate surface area is 98.2 Å². The summed E-state index contributed by atoms with van der Waals surface area (Å²) in [4.78, 5) is 1.25. The Morgan fingerprint density at radius 1 is 1.20 bits per heavy atom. The second-order valence-corrected chi connectivity index (χ2v) is 4.14. The lowest BCUT2D eigenvalue weighted by Gasteiger charge is -2.12. The summed E-state index contributed by atoms with van der Waals surface area (Å²) < 4.78 is 5.34. The molecule has 1 aromatic rings. The van der Waals surface area contributed by atoms with Crippen molar-refractivity contribution in [3.8, 4) is 5.75 Å². The van der Waals surface area contributed by atoms with Crippen LogP contribution in [0.5, 0.6) is 5.75 Å². The maximum atomic E-state index is 5.34. The molecule has 0 heterocycles. The van der Waals surface area contributed by atoms with Crippen molar-refractivity contribution in [2.75, 3.05) is 13.4 Å². The number of hydrogen-bond acceptors (Lipinski definition) is 2. The van der Waals surface area contributed by atoms with Gasteiger partial charge in [-0.2, -0.15) is 0 Å². The molecule has 86 valence electrons. The predicted octanol–water partition coefficient (Wildman–Crippen LogP) is 4.57. The van der Waals surface area contributed by atoms with Gasteiger partial charge in [0.05, 0.1) is 7.11 Å². The Hall–Kier alpha value is -0.630. The zero-order valence-corrected chi connectivity index (χ0v) is 11.4. The fourth-order valence-electron chi connectivity index (χ4n) is 1.30. The zero-order chi connectivity index (χ0) is 11.8. The summed E-state index contributed by atoms with van der Waals surface area (Å²) in [6.45, 7) is 8.35. The van der Waals surface area contributed by atoms with E-state index in [9.17, 15) is 0 Å². The first kappa shape index (κ1) is 14.4. The molecular formula is C13H22OS. The first-order chi connectivity index (χ1) is 7.19. The molecule has 1 nitrogen and oxygen atoms in total. The topological polar surface area (TPSA) is 9.23 Å². The van der Waals surface area contributed by atoms with Crippen molar-refractivity contribution in [2.45, 2.75) is 38.5 Å². The van der Waals surface area contributed by atoms with Crippen LogP contribution in [0.1, 0.15) is 39.2 Å². The standard InChI is InChI=1S/C11H16OS.C2H6/c1-8(2)10-6-5-9(13-4)7-11(10)12-3;1-2/h5-8H,1-4H3;1-2H3. The third-order valence-electron chi connectivity index (χ3n) is 2.06. The molecule has 0 aliphatic rings. The fraction of sp³-hybridized carbons (Fsp3) is 0.538. The maximum absolute atomic E-state index is 5.34. The first-order valence-electron chi connectivity index (χ1n) is 5.41. The van der Waals surface area contributed by atoms with E-state index in [0.29, 0.717) is 5.92 Å². The van der Waals surface area contributed by atoms with E-state index in [4.69, 9.17) is 4.74 Å². The SMILES string of the molecule is CC.COc1cc(SC)ccc1C(C)C. The summed E-state index contributed by atoms with van der Waals surface area (Å²) in [6, 6.07) is 6.39. The minimum atomic E-state index is 0.519. The van der Waals surface area contributed by atoms with Gasteiger partial charge in [-0.3, -0.25) is 0 Å². The Balaban J connectivity index is 0.000000921. The second-order valence-electron chi connectivity index (χ2n) is 3.26. The van der Waals surface area contributed by atoms with Crippen molar-refractivity contribution < 1.29 is 4.74 Å². The van der Waals surface area contributed by atoms with Gasteiger partial charge in [-0.05, 0) is 29.9 Å². The monoisotopic (exact) mass is 226 g/mol. The van der Waals surface area contributed by atoms with Crippen LogP contribution in [-0.2, 0) is 0 Å². The molecule has 0 fully saturated rings. The van der Waals surface area contributed by atoms with Crippen LogP contribution in [0.25, 0.3) is 0 Å². The molecule has 0 bridgehead atoms. The number of rotatable bonds is 3. The minimum absolute atomic E-state index is 0.519. The number of thioether (sulfide) groups is 1. The Kier molecular flexibility index (Phi) is 7.31. The van der Waals surface area contributed by atoms with E-state index in [1.807, 2.05) is 13.8 Å². The number of hydrogen-bond donors (Lipinski definition) is 0. The summed E-state index contributed by atoms with van der Waals surface area (Å²) in [5.41, 5.74) is 1.28. The van der Waals surface area contributed by atoms with Crippen LogP contribution in [-0.4, -0.2) is 13.4 Å². The molecule has 1 aromatic carbocycles. The van der Waals surface area contributed by atoms with E-state index >= 15 is 0 Å². The van der Waals surface area contributed by atoms with Crippen LogP contribution in [0.3, 0.4) is 0 Å². The zero-order valence-electron chi connectivity index (χ0n) is 10.6.